The van der Waals surface area contributed by atoms with Gasteiger partial charge in [-0.15, -0.1) is 24.0 Å². The van der Waals surface area contributed by atoms with Gasteiger partial charge in [0.1, 0.15) is 17.5 Å². The van der Waals surface area contributed by atoms with Crippen molar-refractivity contribution in [2.24, 2.45) is 10.7 Å². The van der Waals surface area contributed by atoms with Gasteiger partial charge in [0.2, 0.25) is 0 Å². The number of nitrogens with one attached hydrogen (secondary N) is 1. The van der Waals surface area contributed by atoms with Gasteiger partial charge in [-0.1, -0.05) is 6.07 Å². The van der Waals surface area contributed by atoms with E-state index in [0.29, 0.717) is 0 Å². The van der Waals surface area contributed by atoms with Gasteiger partial charge >= 0.3 is 0 Å². The molecule has 6 nitrogen and oxygen atoms in total. The largest absolute Gasteiger partial charge is 0.372 e. The molecule has 0 bridgehead atoms. The number of anilines is 2. The lowest BCUT2D eigenvalue weighted by molar-refractivity contribution is -0.00545. The molecule has 28 heavy (non-hydrogen) atoms. The van der Waals surface area contributed by atoms with Crippen molar-refractivity contribution < 1.29 is 13.5 Å². The molecule has 2 heterocycles. The van der Waals surface area contributed by atoms with Crippen LogP contribution in [-0.4, -0.2) is 36.2 Å². The first-order valence-electron chi connectivity index (χ1n) is 8.78. The third-order valence-electron chi connectivity index (χ3n) is 4.18. The minimum Gasteiger partial charge on any atom is -0.372 e. The molecular weight excluding hydrogens is 479 g/mol. The van der Waals surface area contributed by atoms with Crippen molar-refractivity contribution in [3.8, 4) is 0 Å². The van der Waals surface area contributed by atoms with Crippen LogP contribution in [0.3, 0.4) is 0 Å². The molecule has 1 aromatic heterocycles. The van der Waals surface area contributed by atoms with E-state index in [0.717, 1.165) is 42.7 Å². The highest BCUT2D eigenvalue weighted by Gasteiger charge is 2.22. The first kappa shape index (κ1) is 22.3. The number of rotatable bonds is 4. The Morgan fingerprint density at radius 2 is 1.96 bits per heavy atom. The number of halogens is 3. The molecule has 0 aliphatic carbocycles. The Labute approximate surface area is 180 Å². The summed E-state index contributed by atoms with van der Waals surface area (Å²) in [4.78, 5) is 10.8. The molecule has 0 spiro atoms. The van der Waals surface area contributed by atoms with Crippen molar-refractivity contribution in [3.63, 3.8) is 0 Å². The lowest BCUT2D eigenvalue weighted by Crippen LogP contribution is -2.45. The fourth-order valence-corrected chi connectivity index (χ4v) is 3.01. The molecule has 1 saturated heterocycles. The molecular formula is C19H24F2IN5O. The highest BCUT2D eigenvalue weighted by atomic mass is 127. The zero-order valence-corrected chi connectivity index (χ0v) is 18.1. The Balaban J connectivity index is 0.00000280. The van der Waals surface area contributed by atoms with E-state index in [9.17, 15) is 8.78 Å². The summed E-state index contributed by atoms with van der Waals surface area (Å²) in [6.45, 7) is 5.96. The molecule has 1 aromatic carbocycles. The van der Waals surface area contributed by atoms with Crippen molar-refractivity contribution >= 4 is 41.4 Å². The fraction of sp³-hybridized carbons (Fsp3) is 0.368. The first-order chi connectivity index (χ1) is 12.9. The minimum atomic E-state index is -0.602. The van der Waals surface area contributed by atoms with Gasteiger partial charge in [0.25, 0.3) is 0 Å². The zero-order valence-electron chi connectivity index (χ0n) is 15.7. The van der Waals surface area contributed by atoms with Gasteiger partial charge in [-0.3, -0.25) is 0 Å². The van der Waals surface area contributed by atoms with E-state index in [-0.39, 0.29) is 54.4 Å². The summed E-state index contributed by atoms with van der Waals surface area (Å²) in [6.07, 6.45) is 2.06. The number of hydrogen-bond donors (Lipinski definition) is 2. The number of benzene rings is 1. The minimum absolute atomic E-state index is 0. The van der Waals surface area contributed by atoms with E-state index >= 15 is 0 Å². The molecule has 2 atom stereocenters. The zero-order chi connectivity index (χ0) is 19.4. The van der Waals surface area contributed by atoms with Crippen LogP contribution in [-0.2, 0) is 11.3 Å². The number of morpholine rings is 1. The molecule has 2 unspecified atom stereocenters. The van der Waals surface area contributed by atoms with E-state index in [1.54, 1.807) is 6.20 Å². The number of aromatic nitrogens is 1. The molecule has 1 aliphatic rings. The van der Waals surface area contributed by atoms with Crippen LogP contribution in [0.5, 0.6) is 0 Å². The summed E-state index contributed by atoms with van der Waals surface area (Å²) in [5.74, 6) is -0.273. The summed E-state index contributed by atoms with van der Waals surface area (Å²) < 4.78 is 32.5. The summed E-state index contributed by atoms with van der Waals surface area (Å²) in [7, 11) is 0. The van der Waals surface area contributed by atoms with Crippen LogP contribution in [0.25, 0.3) is 0 Å². The standard InChI is InChI=1S/C19H23F2N5O.HI/c1-12-10-26(11-13(2)27-12)18-6-3-14(8-23-18)9-24-19(22)25-17-7-15(20)4-5-16(17)21;/h3-8,12-13H,9-11H2,1-2H3,(H3,22,24,25);1H. The number of pyridine rings is 1. The topological polar surface area (TPSA) is 75.8 Å². The Morgan fingerprint density at radius 3 is 2.61 bits per heavy atom. The van der Waals surface area contributed by atoms with Crippen molar-refractivity contribution in [2.75, 3.05) is 23.3 Å². The molecule has 0 amide bonds. The Hall–Kier alpha value is -2.01. The smallest absolute Gasteiger partial charge is 0.193 e. The second kappa shape index (κ2) is 9.97. The van der Waals surface area contributed by atoms with Crippen LogP contribution in [0.15, 0.2) is 41.5 Å². The second-order valence-electron chi connectivity index (χ2n) is 6.64. The molecule has 3 rings (SSSR count). The summed E-state index contributed by atoms with van der Waals surface area (Å²) >= 11 is 0. The Kier molecular flexibility index (Phi) is 7.93. The van der Waals surface area contributed by atoms with Crippen molar-refractivity contribution in [3.05, 3.63) is 53.7 Å². The van der Waals surface area contributed by atoms with Gasteiger partial charge in [-0.25, -0.2) is 18.8 Å². The molecule has 1 aliphatic heterocycles. The molecule has 152 valence electrons. The molecule has 0 radical (unpaired) electrons. The fourth-order valence-electron chi connectivity index (χ4n) is 3.01. The Bertz CT molecular complexity index is 808. The molecule has 0 saturated carbocycles. The first-order valence-corrected chi connectivity index (χ1v) is 8.78. The van der Waals surface area contributed by atoms with Crippen LogP contribution in [0.1, 0.15) is 19.4 Å². The van der Waals surface area contributed by atoms with Crippen LogP contribution >= 0.6 is 24.0 Å². The van der Waals surface area contributed by atoms with Gasteiger partial charge < -0.3 is 20.7 Å². The van der Waals surface area contributed by atoms with E-state index in [1.165, 1.54) is 0 Å². The van der Waals surface area contributed by atoms with Crippen LogP contribution in [0.2, 0.25) is 0 Å². The third kappa shape index (κ3) is 5.99. The van der Waals surface area contributed by atoms with E-state index in [1.807, 2.05) is 26.0 Å². The monoisotopic (exact) mass is 503 g/mol. The maximum Gasteiger partial charge on any atom is 0.193 e. The molecule has 1 fully saturated rings. The van der Waals surface area contributed by atoms with Gasteiger partial charge in [0.05, 0.1) is 24.4 Å². The Morgan fingerprint density at radius 1 is 1.25 bits per heavy atom. The maximum absolute atomic E-state index is 13.6. The highest BCUT2D eigenvalue weighted by molar-refractivity contribution is 14.0. The van der Waals surface area contributed by atoms with Gasteiger partial charge in [0.15, 0.2) is 5.96 Å². The van der Waals surface area contributed by atoms with Crippen LogP contribution in [0, 0.1) is 11.6 Å². The van der Waals surface area contributed by atoms with Crippen LogP contribution in [0.4, 0.5) is 20.3 Å². The molecule has 3 N–H and O–H groups in total. The highest BCUT2D eigenvalue weighted by Crippen LogP contribution is 2.19. The molecule has 9 heteroatoms. The predicted molar refractivity (Wildman–Crippen MR) is 117 cm³/mol. The SMILES string of the molecule is CC1CN(c2ccc(CN=C(N)Nc3cc(F)ccc3F)cn2)CC(C)O1.I. The lowest BCUT2D eigenvalue weighted by atomic mass is 10.2. The summed E-state index contributed by atoms with van der Waals surface area (Å²) in [5.41, 5.74) is 6.56. The van der Waals surface area contributed by atoms with Crippen molar-refractivity contribution in [1.29, 1.82) is 0 Å². The van der Waals surface area contributed by atoms with Gasteiger partial charge in [0, 0.05) is 25.4 Å². The average Bonchev–Trinajstić information content (AvgIpc) is 2.63. The second-order valence-corrected chi connectivity index (χ2v) is 6.64. The average molecular weight is 503 g/mol. The van der Waals surface area contributed by atoms with Gasteiger partial charge in [-0.05, 0) is 37.6 Å². The van der Waals surface area contributed by atoms with Crippen molar-refractivity contribution in [2.45, 2.75) is 32.6 Å². The maximum atomic E-state index is 13.6. The van der Waals surface area contributed by atoms with E-state index < -0.39 is 11.6 Å². The number of nitrogens with two attached hydrogens (primary N) is 1. The summed E-state index contributed by atoms with van der Waals surface area (Å²) in [6, 6.07) is 6.95. The normalized spacial score (nSPS) is 19.9. The summed E-state index contributed by atoms with van der Waals surface area (Å²) in [5, 5.41) is 2.56. The van der Waals surface area contributed by atoms with Crippen LogP contribution < -0.4 is 16.0 Å². The quantitative estimate of drug-likeness (QED) is 0.380. The van der Waals surface area contributed by atoms with Crippen molar-refractivity contribution in [1.82, 2.24) is 4.98 Å². The van der Waals surface area contributed by atoms with Gasteiger partial charge in [-0.2, -0.15) is 0 Å². The third-order valence-corrected chi connectivity index (χ3v) is 4.18. The number of nitrogens with zero attached hydrogens (tertiary/aromatic N) is 3. The van der Waals surface area contributed by atoms with E-state index in [4.69, 9.17) is 10.5 Å². The number of ether oxygens (including phenoxy) is 1. The lowest BCUT2D eigenvalue weighted by Gasteiger charge is -2.36. The number of hydrogen-bond acceptors (Lipinski definition) is 4. The van der Waals surface area contributed by atoms with E-state index in [2.05, 4.69) is 20.2 Å². The molecule has 2 aromatic rings. The number of guanidine groups is 1. The number of aliphatic imine (C=N–C) groups is 1. The predicted octanol–water partition coefficient (Wildman–Crippen LogP) is 3.52.